The summed E-state index contributed by atoms with van der Waals surface area (Å²) >= 11 is 1.49. The molecular weight excluding hydrogens is 342 g/mol. The molecule has 8 nitrogen and oxygen atoms in total. The quantitative estimate of drug-likeness (QED) is 0.526. The number of thioether (sulfide) groups is 1. The van der Waals surface area contributed by atoms with Crippen LogP contribution in [0.3, 0.4) is 0 Å². The highest BCUT2D eigenvalue weighted by Gasteiger charge is 2.19. The van der Waals surface area contributed by atoms with Gasteiger partial charge in [-0.15, -0.1) is 0 Å². The summed E-state index contributed by atoms with van der Waals surface area (Å²) in [4.78, 5) is 22.7. The molecule has 1 aromatic rings. The number of sulfonamides is 1. The van der Waals surface area contributed by atoms with E-state index < -0.39 is 28.1 Å². The third kappa shape index (κ3) is 6.89. The third-order valence-corrected chi connectivity index (χ3v) is 4.49. The number of hydrogen-bond acceptors (Lipinski definition) is 5. The van der Waals surface area contributed by atoms with E-state index >= 15 is 0 Å². The van der Waals surface area contributed by atoms with E-state index in [-0.39, 0.29) is 11.4 Å². The van der Waals surface area contributed by atoms with Gasteiger partial charge in [-0.3, -0.25) is 0 Å². The summed E-state index contributed by atoms with van der Waals surface area (Å²) in [5.41, 5.74) is 0.656. The summed E-state index contributed by atoms with van der Waals surface area (Å²) in [6, 6.07) is 4.15. The van der Waals surface area contributed by atoms with Crippen molar-refractivity contribution in [3.8, 4) is 0 Å². The van der Waals surface area contributed by atoms with Crippen molar-refractivity contribution in [1.29, 1.82) is 0 Å². The highest BCUT2D eigenvalue weighted by Crippen LogP contribution is 2.08. The van der Waals surface area contributed by atoms with Crippen LogP contribution in [0.5, 0.6) is 0 Å². The van der Waals surface area contributed by atoms with Gasteiger partial charge >= 0.3 is 12.0 Å². The number of urea groups is 1. The number of aliphatic carboxylic acids is 1. The number of primary sulfonamides is 1. The van der Waals surface area contributed by atoms with E-state index in [2.05, 4.69) is 10.6 Å². The Labute approximate surface area is 138 Å². The number of amides is 2. The Balaban J connectivity index is 2.53. The van der Waals surface area contributed by atoms with Crippen molar-refractivity contribution in [3.05, 3.63) is 29.8 Å². The van der Waals surface area contributed by atoms with Crippen LogP contribution in [0, 0.1) is 0 Å². The van der Waals surface area contributed by atoms with Crippen molar-refractivity contribution in [2.45, 2.75) is 23.9 Å². The maximum absolute atomic E-state index is 11.7. The molecule has 0 fully saturated rings. The van der Waals surface area contributed by atoms with Crippen LogP contribution < -0.4 is 15.8 Å². The molecule has 10 heteroatoms. The molecule has 0 aromatic heterocycles. The van der Waals surface area contributed by atoms with E-state index in [1.807, 2.05) is 6.26 Å². The summed E-state index contributed by atoms with van der Waals surface area (Å²) < 4.78 is 22.2. The molecule has 0 heterocycles. The summed E-state index contributed by atoms with van der Waals surface area (Å²) in [5.74, 6) is -0.474. The second-order valence-electron chi connectivity index (χ2n) is 4.69. The van der Waals surface area contributed by atoms with Gasteiger partial charge in [0.25, 0.3) is 0 Å². The van der Waals surface area contributed by atoms with Crippen LogP contribution in [0.15, 0.2) is 29.2 Å². The first-order chi connectivity index (χ1) is 10.7. The number of hydrogen-bond donors (Lipinski definition) is 4. The van der Waals surface area contributed by atoms with Crippen LogP contribution in [-0.4, -0.2) is 43.6 Å². The zero-order chi connectivity index (χ0) is 17.5. The van der Waals surface area contributed by atoms with Crippen LogP contribution in [0.25, 0.3) is 0 Å². The van der Waals surface area contributed by atoms with Gasteiger partial charge in [0.1, 0.15) is 6.04 Å². The summed E-state index contributed by atoms with van der Waals surface area (Å²) in [5, 5.41) is 18.9. The lowest BCUT2D eigenvalue weighted by molar-refractivity contribution is -0.139. The van der Waals surface area contributed by atoms with Crippen molar-refractivity contribution in [3.63, 3.8) is 0 Å². The molecule has 1 atom stereocenters. The molecule has 5 N–H and O–H groups in total. The number of carbonyl (C=O) groups excluding carboxylic acids is 1. The number of nitrogens with two attached hydrogens (primary N) is 1. The first-order valence-corrected chi connectivity index (χ1v) is 9.56. The fourth-order valence-electron chi connectivity index (χ4n) is 1.68. The number of carboxylic acid groups (broad SMARTS) is 1. The molecular formula is C13H19N3O5S2. The Morgan fingerprint density at radius 1 is 1.30 bits per heavy atom. The van der Waals surface area contributed by atoms with Gasteiger partial charge in [0.15, 0.2) is 0 Å². The van der Waals surface area contributed by atoms with E-state index in [0.29, 0.717) is 17.7 Å². The second-order valence-corrected chi connectivity index (χ2v) is 7.24. The molecule has 0 aliphatic rings. The third-order valence-electron chi connectivity index (χ3n) is 2.92. The number of benzene rings is 1. The van der Waals surface area contributed by atoms with Gasteiger partial charge in [-0.25, -0.2) is 23.1 Å². The van der Waals surface area contributed by atoms with Crippen LogP contribution in [0.1, 0.15) is 12.0 Å². The second kappa shape index (κ2) is 8.75. The smallest absolute Gasteiger partial charge is 0.326 e. The predicted molar refractivity (Wildman–Crippen MR) is 87.6 cm³/mol. The Hall–Kier alpha value is -1.78. The molecule has 128 valence electrons. The Bertz CT molecular complexity index is 646. The lowest BCUT2D eigenvalue weighted by atomic mass is 10.2. The van der Waals surface area contributed by atoms with Crippen molar-refractivity contribution >= 4 is 33.8 Å². The number of rotatable bonds is 8. The summed E-state index contributed by atoms with van der Waals surface area (Å²) in [6.45, 7) is 0.131. The lowest BCUT2D eigenvalue weighted by Gasteiger charge is -2.14. The molecule has 0 unspecified atom stereocenters. The fourth-order valence-corrected chi connectivity index (χ4v) is 2.67. The largest absolute Gasteiger partial charge is 0.480 e. The lowest BCUT2D eigenvalue weighted by Crippen LogP contribution is -2.46. The first-order valence-electron chi connectivity index (χ1n) is 6.62. The van der Waals surface area contributed by atoms with Crippen molar-refractivity contribution in [2.75, 3.05) is 12.0 Å². The molecule has 1 rings (SSSR count). The SMILES string of the molecule is CSCC[C@H](NC(=O)NCc1ccc(S(N)(=O)=O)cc1)C(=O)O. The van der Waals surface area contributed by atoms with E-state index in [1.54, 1.807) is 0 Å². The maximum atomic E-state index is 11.7. The summed E-state index contributed by atoms with van der Waals surface area (Å²) in [6.07, 6.45) is 2.18. The highest BCUT2D eigenvalue weighted by molar-refractivity contribution is 7.98. The number of carboxylic acids is 1. The Morgan fingerprint density at radius 2 is 1.91 bits per heavy atom. The van der Waals surface area contributed by atoms with Gasteiger partial charge < -0.3 is 15.7 Å². The first kappa shape index (κ1) is 19.3. The average Bonchev–Trinajstić information content (AvgIpc) is 2.48. The van der Waals surface area contributed by atoms with E-state index in [4.69, 9.17) is 10.2 Å². The van der Waals surface area contributed by atoms with Crippen LogP contribution in [0.4, 0.5) is 4.79 Å². The topological polar surface area (TPSA) is 139 Å². The van der Waals surface area contributed by atoms with E-state index in [1.165, 1.54) is 36.0 Å². The van der Waals surface area contributed by atoms with Crippen molar-refractivity contribution < 1.29 is 23.1 Å². The maximum Gasteiger partial charge on any atom is 0.326 e. The Kier molecular flexibility index (Phi) is 7.33. The van der Waals surface area contributed by atoms with Crippen LogP contribution in [0.2, 0.25) is 0 Å². The van der Waals surface area contributed by atoms with Crippen molar-refractivity contribution in [1.82, 2.24) is 10.6 Å². The van der Waals surface area contributed by atoms with E-state index in [0.717, 1.165) is 0 Å². The molecule has 23 heavy (non-hydrogen) atoms. The molecule has 0 spiro atoms. The normalized spacial score (nSPS) is 12.4. The van der Waals surface area contributed by atoms with Gasteiger partial charge in [-0.05, 0) is 36.1 Å². The molecule has 0 radical (unpaired) electrons. The monoisotopic (exact) mass is 361 g/mol. The van der Waals surface area contributed by atoms with Crippen molar-refractivity contribution in [2.24, 2.45) is 5.14 Å². The zero-order valence-corrected chi connectivity index (χ0v) is 14.1. The Morgan fingerprint density at radius 3 is 2.39 bits per heavy atom. The standard InChI is InChI=1S/C13H19N3O5S2/c1-22-7-6-11(12(17)18)16-13(19)15-8-9-2-4-10(5-3-9)23(14,20)21/h2-5,11H,6-8H2,1H3,(H,17,18)(H2,14,20,21)(H2,15,16,19)/t11-/m0/s1. The van der Waals surface area contributed by atoms with Crippen LogP contribution >= 0.6 is 11.8 Å². The van der Waals surface area contributed by atoms with Gasteiger partial charge in [0, 0.05) is 6.54 Å². The minimum Gasteiger partial charge on any atom is -0.480 e. The zero-order valence-electron chi connectivity index (χ0n) is 12.5. The fraction of sp³-hybridized carbons (Fsp3) is 0.385. The molecule has 0 bridgehead atoms. The van der Waals surface area contributed by atoms with E-state index in [9.17, 15) is 18.0 Å². The highest BCUT2D eigenvalue weighted by atomic mass is 32.2. The van der Waals surface area contributed by atoms with Gasteiger partial charge in [-0.1, -0.05) is 12.1 Å². The number of carbonyl (C=O) groups is 2. The molecule has 1 aromatic carbocycles. The van der Waals surface area contributed by atoms with Gasteiger partial charge in [0.05, 0.1) is 4.90 Å². The van der Waals surface area contributed by atoms with Gasteiger partial charge in [-0.2, -0.15) is 11.8 Å². The molecule has 0 saturated heterocycles. The molecule has 0 aliphatic heterocycles. The number of nitrogens with one attached hydrogen (secondary N) is 2. The predicted octanol–water partition coefficient (Wildman–Crippen LogP) is 0.340. The molecule has 0 saturated carbocycles. The minimum absolute atomic E-state index is 0.0197. The average molecular weight is 361 g/mol. The van der Waals surface area contributed by atoms with Gasteiger partial charge in [0.2, 0.25) is 10.0 Å². The molecule has 0 aliphatic carbocycles. The van der Waals surface area contributed by atoms with Crippen LogP contribution in [-0.2, 0) is 21.4 Å². The molecule has 2 amide bonds. The summed E-state index contributed by atoms with van der Waals surface area (Å²) in [7, 11) is -3.75. The minimum atomic E-state index is -3.75.